The second-order valence-electron chi connectivity index (χ2n) is 4.07. The van der Waals surface area contributed by atoms with Crippen molar-refractivity contribution in [1.29, 1.82) is 0 Å². The summed E-state index contributed by atoms with van der Waals surface area (Å²) in [6.07, 6.45) is 1.47. The third kappa shape index (κ3) is 2.39. The summed E-state index contributed by atoms with van der Waals surface area (Å²) < 4.78 is 6.46. The average molecular weight is 285 g/mol. The molecule has 16 heavy (non-hydrogen) atoms. The molecule has 88 valence electrons. The van der Waals surface area contributed by atoms with Crippen LogP contribution >= 0.6 is 15.9 Å². The zero-order valence-electron chi connectivity index (χ0n) is 9.45. The van der Waals surface area contributed by atoms with E-state index in [-0.39, 0.29) is 0 Å². The Kier molecular flexibility index (Phi) is 3.84. The maximum absolute atomic E-state index is 5.63. The van der Waals surface area contributed by atoms with Crippen LogP contribution in [-0.4, -0.2) is 26.3 Å². The van der Waals surface area contributed by atoms with Crippen LogP contribution < -0.4 is 10.6 Å². The van der Waals surface area contributed by atoms with Crippen LogP contribution in [0.4, 0.5) is 5.69 Å². The molecule has 0 bridgehead atoms. The van der Waals surface area contributed by atoms with Crippen molar-refractivity contribution >= 4 is 21.6 Å². The Morgan fingerprint density at radius 2 is 2.38 bits per heavy atom. The maximum Gasteiger partial charge on any atom is 0.0762 e. The van der Waals surface area contributed by atoms with Gasteiger partial charge in [0.1, 0.15) is 0 Å². The van der Waals surface area contributed by atoms with Crippen molar-refractivity contribution in [2.24, 2.45) is 5.73 Å². The maximum atomic E-state index is 5.63. The number of halogens is 1. The van der Waals surface area contributed by atoms with Crippen molar-refractivity contribution in [3.05, 3.63) is 28.2 Å². The Labute approximate surface area is 105 Å². The van der Waals surface area contributed by atoms with Crippen molar-refractivity contribution in [2.75, 3.05) is 25.1 Å². The van der Waals surface area contributed by atoms with Crippen LogP contribution in [-0.2, 0) is 11.3 Å². The van der Waals surface area contributed by atoms with Crippen LogP contribution in [0.3, 0.4) is 0 Å². The summed E-state index contributed by atoms with van der Waals surface area (Å²) in [6.45, 7) is 2.61. The molecule has 2 rings (SSSR count). The molecule has 2 N–H and O–H groups in total. The highest BCUT2D eigenvalue weighted by atomic mass is 79.9. The van der Waals surface area contributed by atoms with E-state index in [4.69, 9.17) is 10.5 Å². The molecule has 1 aliphatic heterocycles. The number of rotatable bonds is 3. The Morgan fingerprint density at radius 3 is 2.94 bits per heavy atom. The van der Waals surface area contributed by atoms with Crippen LogP contribution in [0.15, 0.2) is 22.7 Å². The number of hydrogen-bond donors (Lipinski definition) is 1. The summed E-state index contributed by atoms with van der Waals surface area (Å²) in [5.41, 5.74) is 8.02. The molecule has 1 aliphatic rings. The number of hydrogen-bond acceptors (Lipinski definition) is 3. The van der Waals surface area contributed by atoms with Crippen LogP contribution in [0, 0.1) is 0 Å². The zero-order valence-corrected chi connectivity index (χ0v) is 11.0. The van der Waals surface area contributed by atoms with E-state index >= 15 is 0 Å². The van der Waals surface area contributed by atoms with E-state index in [2.05, 4.69) is 39.0 Å². The van der Waals surface area contributed by atoms with Gasteiger partial charge in [0, 0.05) is 36.9 Å². The summed E-state index contributed by atoms with van der Waals surface area (Å²) in [4.78, 5) is 2.35. The van der Waals surface area contributed by atoms with E-state index in [0.717, 1.165) is 29.5 Å². The van der Waals surface area contributed by atoms with Gasteiger partial charge in [0.15, 0.2) is 0 Å². The van der Waals surface area contributed by atoms with Gasteiger partial charge >= 0.3 is 0 Å². The highest BCUT2D eigenvalue weighted by Crippen LogP contribution is 2.27. The lowest BCUT2D eigenvalue weighted by Gasteiger charge is -2.19. The minimum absolute atomic E-state index is 0.368. The number of nitrogens with two attached hydrogens (primary N) is 1. The largest absolute Gasteiger partial charge is 0.380 e. The molecule has 0 spiro atoms. The van der Waals surface area contributed by atoms with Gasteiger partial charge in [0.05, 0.1) is 6.10 Å². The Morgan fingerprint density at radius 1 is 1.56 bits per heavy atom. The average Bonchev–Trinajstić information content (AvgIpc) is 2.77. The van der Waals surface area contributed by atoms with Gasteiger partial charge in [-0.2, -0.15) is 0 Å². The van der Waals surface area contributed by atoms with Crippen molar-refractivity contribution < 1.29 is 4.74 Å². The molecule has 1 saturated heterocycles. The Bertz CT molecular complexity index is 370. The second-order valence-corrected chi connectivity index (χ2v) is 4.93. The minimum Gasteiger partial charge on any atom is -0.380 e. The molecule has 4 heteroatoms. The third-order valence-corrected chi connectivity index (χ3v) is 3.84. The van der Waals surface area contributed by atoms with E-state index in [0.29, 0.717) is 12.6 Å². The second kappa shape index (κ2) is 5.17. The molecule has 1 atom stereocenters. The predicted molar refractivity (Wildman–Crippen MR) is 69.7 cm³/mol. The lowest BCUT2D eigenvalue weighted by atomic mass is 10.2. The van der Waals surface area contributed by atoms with Gasteiger partial charge in [-0.1, -0.05) is 22.0 Å². The van der Waals surface area contributed by atoms with E-state index in [1.54, 1.807) is 7.11 Å². The molecule has 1 fully saturated rings. The molecular weight excluding hydrogens is 268 g/mol. The van der Waals surface area contributed by atoms with Crippen LogP contribution in [0.1, 0.15) is 12.0 Å². The highest BCUT2D eigenvalue weighted by Gasteiger charge is 2.22. The number of nitrogens with zero attached hydrogens (tertiary/aromatic N) is 1. The first-order valence-electron chi connectivity index (χ1n) is 5.51. The number of benzene rings is 1. The monoisotopic (exact) mass is 284 g/mol. The molecule has 1 unspecified atom stereocenters. The van der Waals surface area contributed by atoms with E-state index < -0.39 is 0 Å². The van der Waals surface area contributed by atoms with Gasteiger partial charge in [-0.05, 0) is 24.1 Å². The lowest BCUT2D eigenvalue weighted by molar-refractivity contribution is 0.121. The van der Waals surface area contributed by atoms with Crippen molar-refractivity contribution in [1.82, 2.24) is 0 Å². The zero-order chi connectivity index (χ0) is 11.5. The Hall–Kier alpha value is -0.580. The highest BCUT2D eigenvalue weighted by molar-refractivity contribution is 9.10. The molecule has 0 radical (unpaired) electrons. The molecule has 0 aromatic heterocycles. The standard InChI is InChI=1S/C12H17BrN2O/c1-16-11-4-5-15(8-11)10-3-2-9(7-14)12(13)6-10/h2-3,6,11H,4-5,7-8,14H2,1H3. The molecular formula is C12H17BrN2O. The quantitative estimate of drug-likeness (QED) is 0.924. The van der Waals surface area contributed by atoms with Gasteiger partial charge in [-0.15, -0.1) is 0 Å². The number of ether oxygens (including phenoxy) is 1. The van der Waals surface area contributed by atoms with Crippen molar-refractivity contribution in [2.45, 2.75) is 19.1 Å². The third-order valence-electron chi connectivity index (χ3n) is 3.10. The van der Waals surface area contributed by atoms with E-state index in [1.807, 2.05) is 0 Å². The summed E-state index contributed by atoms with van der Waals surface area (Å²) in [5.74, 6) is 0. The first-order chi connectivity index (χ1) is 7.74. The minimum atomic E-state index is 0.368. The molecule has 1 heterocycles. The molecule has 1 aromatic carbocycles. The fourth-order valence-corrected chi connectivity index (χ4v) is 2.58. The van der Waals surface area contributed by atoms with Crippen LogP contribution in [0.5, 0.6) is 0 Å². The first kappa shape index (κ1) is 11.9. The summed E-state index contributed by atoms with van der Waals surface area (Å²) in [5, 5.41) is 0. The lowest BCUT2D eigenvalue weighted by Crippen LogP contribution is -2.22. The summed E-state index contributed by atoms with van der Waals surface area (Å²) >= 11 is 3.55. The van der Waals surface area contributed by atoms with Gasteiger partial charge in [0.2, 0.25) is 0 Å². The molecule has 3 nitrogen and oxygen atoms in total. The topological polar surface area (TPSA) is 38.5 Å². The van der Waals surface area contributed by atoms with Gasteiger partial charge in [-0.25, -0.2) is 0 Å². The summed E-state index contributed by atoms with van der Waals surface area (Å²) in [6, 6.07) is 6.35. The first-order valence-corrected chi connectivity index (χ1v) is 6.30. The number of anilines is 1. The fraction of sp³-hybridized carbons (Fsp3) is 0.500. The van der Waals surface area contributed by atoms with E-state index in [9.17, 15) is 0 Å². The number of methoxy groups -OCH3 is 1. The van der Waals surface area contributed by atoms with Gasteiger partial charge in [0.25, 0.3) is 0 Å². The van der Waals surface area contributed by atoms with E-state index in [1.165, 1.54) is 5.69 Å². The summed E-state index contributed by atoms with van der Waals surface area (Å²) in [7, 11) is 1.78. The molecule has 1 aromatic rings. The smallest absolute Gasteiger partial charge is 0.0762 e. The SMILES string of the molecule is COC1CCN(c2ccc(CN)c(Br)c2)C1. The predicted octanol–water partition coefficient (Wildman–Crippen LogP) is 2.13. The van der Waals surface area contributed by atoms with Crippen LogP contribution in [0.2, 0.25) is 0 Å². The van der Waals surface area contributed by atoms with Crippen LogP contribution in [0.25, 0.3) is 0 Å². The van der Waals surface area contributed by atoms with Gasteiger partial charge < -0.3 is 15.4 Å². The van der Waals surface area contributed by atoms with Crippen molar-refractivity contribution in [3.63, 3.8) is 0 Å². The molecule has 0 amide bonds. The molecule has 0 saturated carbocycles. The Balaban J connectivity index is 2.13. The fourth-order valence-electron chi connectivity index (χ4n) is 2.05. The normalized spacial score (nSPS) is 20.4. The molecule has 0 aliphatic carbocycles. The van der Waals surface area contributed by atoms with Gasteiger partial charge in [-0.3, -0.25) is 0 Å². The van der Waals surface area contributed by atoms with Crippen molar-refractivity contribution in [3.8, 4) is 0 Å².